The Kier molecular flexibility index (Phi) is 3.84. The van der Waals surface area contributed by atoms with Gasteiger partial charge in [0.15, 0.2) is 23.0 Å². The molecule has 0 saturated carbocycles. The predicted molar refractivity (Wildman–Crippen MR) is 88.1 cm³/mol. The molecule has 6 heteroatoms. The number of para-hydroxylation sites is 1. The van der Waals surface area contributed by atoms with Crippen molar-refractivity contribution in [1.82, 2.24) is 15.0 Å². The number of aromatic nitrogens is 2. The van der Waals surface area contributed by atoms with Crippen LogP contribution in [0.1, 0.15) is 24.2 Å². The van der Waals surface area contributed by atoms with Crippen LogP contribution < -0.4 is 0 Å². The monoisotopic (exact) mass is 329 g/mol. The Hall–Kier alpha value is -2.21. The van der Waals surface area contributed by atoms with Crippen LogP contribution in [0.25, 0.3) is 22.6 Å². The lowest BCUT2D eigenvalue weighted by Gasteiger charge is -2.27. The number of nitrogens with zero attached hydrogens (tertiary/aromatic N) is 3. The molecule has 4 rings (SSSR count). The van der Waals surface area contributed by atoms with Crippen molar-refractivity contribution in [2.75, 3.05) is 20.1 Å². The van der Waals surface area contributed by atoms with Gasteiger partial charge in [-0.05, 0) is 51.9 Å². The van der Waals surface area contributed by atoms with Gasteiger partial charge in [-0.25, -0.2) is 4.39 Å². The zero-order valence-electron chi connectivity index (χ0n) is 13.9. The van der Waals surface area contributed by atoms with Crippen molar-refractivity contribution in [1.29, 1.82) is 0 Å². The molecular weight excluding hydrogens is 309 g/mol. The van der Waals surface area contributed by atoms with Crippen molar-refractivity contribution in [3.8, 4) is 11.7 Å². The van der Waals surface area contributed by atoms with Crippen LogP contribution in [0.5, 0.6) is 0 Å². The Morgan fingerprint density at radius 3 is 2.83 bits per heavy atom. The number of hydrogen-bond donors (Lipinski definition) is 0. The summed E-state index contributed by atoms with van der Waals surface area (Å²) in [7, 11) is 2.14. The van der Waals surface area contributed by atoms with Crippen molar-refractivity contribution in [2.45, 2.75) is 26.2 Å². The molecule has 3 heterocycles. The van der Waals surface area contributed by atoms with E-state index >= 15 is 0 Å². The SMILES string of the molecule is Cc1c(-c2nc(CC3CCN(C)CC3)no2)oc2c(F)cccc12. The minimum absolute atomic E-state index is 0.236. The summed E-state index contributed by atoms with van der Waals surface area (Å²) >= 11 is 0. The number of furan rings is 1. The molecule has 5 nitrogen and oxygen atoms in total. The average molecular weight is 329 g/mol. The van der Waals surface area contributed by atoms with Gasteiger partial charge in [0.2, 0.25) is 0 Å². The van der Waals surface area contributed by atoms with Crippen molar-refractivity contribution < 1.29 is 13.3 Å². The third-order valence-corrected chi connectivity index (χ3v) is 4.89. The number of piperidine rings is 1. The molecule has 2 aromatic heterocycles. The van der Waals surface area contributed by atoms with Crippen LogP contribution in [0.2, 0.25) is 0 Å². The topological polar surface area (TPSA) is 55.3 Å². The fourth-order valence-corrected chi connectivity index (χ4v) is 3.37. The maximum Gasteiger partial charge on any atom is 0.293 e. The first-order valence-electron chi connectivity index (χ1n) is 8.31. The molecule has 24 heavy (non-hydrogen) atoms. The van der Waals surface area contributed by atoms with Gasteiger partial charge in [-0.15, -0.1) is 0 Å². The molecular formula is C18H20FN3O2. The zero-order valence-corrected chi connectivity index (χ0v) is 13.9. The Bertz CT molecular complexity index is 862. The fourth-order valence-electron chi connectivity index (χ4n) is 3.37. The van der Waals surface area contributed by atoms with Crippen molar-refractivity contribution in [2.24, 2.45) is 5.92 Å². The van der Waals surface area contributed by atoms with E-state index in [1.807, 2.05) is 13.0 Å². The van der Waals surface area contributed by atoms with Crippen molar-refractivity contribution in [3.05, 3.63) is 35.4 Å². The van der Waals surface area contributed by atoms with Crippen LogP contribution >= 0.6 is 0 Å². The number of aryl methyl sites for hydroxylation is 1. The number of hydrogen-bond acceptors (Lipinski definition) is 5. The highest BCUT2D eigenvalue weighted by molar-refractivity contribution is 5.86. The van der Waals surface area contributed by atoms with Crippen LogP contribution in [0, 0.1) is 18.7 Å². The maximum absolute atomic E-state index is 13.9. The smallest absolute Gasteiger partial charge is 0.293 e. The predicted octanol–water partition coefficient (Wildman–Crippen LogP) is 3.81. The molecule has 1 aromatic carbocycles. The van der Waals surface area contributed by atoms with E-state index in [4.69, 9.17) is 8.94 Å². The lowest BCUT2D eigenvalue weighted by atomic mass is 9.94. The standard InChI is InChI=1S/C18H20FN3O2/c1-11-13-4-3-5-14(19)17(13)23-16(11)18-20-15(21-24-18)10-12-6-8-22(2)9-7-12/h3-5,12H,6-10H2,1-2H3. The van der Waals surface area contributed by atoms with E-state index in [1.165, 1.54) is 6.07 Å². The summed E-state index contributed by atoms with van der Waals surface area (Å²) in [5.74, 6) is 1.68. The molecule has 0 aliphatic carbocycles. The molecule has 0 atom stereocenters. The van der Waals surface area contributed by atoms with Gasteiger partial charge >= 0.3 is 0 Å². The summed E-state index contributed by atoms with van der Waals surface area (Å²) in [5.41, 5.74) is 1.05. The molecule has 0 bridgehead atoms. The largest absolute Gasteiger partial charge is 0.448 e. The molecule has 0 amide bonds. The Balaban J connectivity index is 1.59. The van der Waals surface area contributed by atoms with Crippen LogP contribution in [-0.4, -0.2) is 35.2 Å². The molecule has 0 unspecified atom stereocenters. The molecule has 1 saturated heterocycles. The van der Waals surface area contributed by atoms with Gasteiger partial charge in [0.05, 0.1) is 0 Å². The van der Waals surface area contributed by atoms with E-state index in [2.05, 4.69) is 22.1 Å². The lowest BCUT2D eigenvalue weighted by Crippen LogP contribution is -2.31. The van der Waals surface area contributed by atoms with Crippen LogP contribution in [0.3, 0.4) is 0 Å². The van der Waals surface area contributed by atoms with E-state index < -0.39 is 0 Å². The Morgan fingerprint density at radius 1 is 1.29 bits per heavy atom. The molecule has 126 valence electrons. The van der Waals surface area contributed by atoms with Gasteiger partial charge in [-0.1, -0.05) is 17.3 Å². The highest BCUT2D eigenvalue weighted by Gasteiger charge is 2.23. The zero-order chi connectivity index (χ0) is 16.7. The normalized spacial score (nSPS) is 17.0. The third kappa shape index (κ3) is 2.71. The molecule has 0 N–H and O–H groups in total. The first-order chi connectivity index (χ1) is 11.6. The second-order valence-electron chi connectivity index (χ2n) is 6.64. The second-order valence-corrected chi connectivity index (χ2v) is 6.64. The highest BCUT2D eigenvalue weighted by atomic mass is 19.1. The number of fused-ring (bicyclic) bond motifs is 1. The summed E-state index contributed by atoms with van der Waals surface area (Å²) in [6, 6.07) is 4.88. The van der Waals surface area contributed by atoms with Crippen molar-refractivity contribution in [3.63, 3.8) is 0 Å². The maximum atomic E-state index is 13.9. The minimum atomic E-state index is -0.382. The molecule has 3 aromatic rings. The lowest BCUT2D eigenvalue weighted by molar-refractivity contribution is 0.216. The first-order valence-corrected chi connectivity index (χ1v) is 8.31. The summed E-state index contributed by atoms with van der Waals surface area (Å²) in [6.45, 7) is 4.09. The minimum Gasteiger partial charge on any atom is -0.448 e. The fraction of sp³-hybridized carbons (Fsp3) is 0.444. The van der Waals surface area contributed by atoms with Gasteiger partial charge in [0.1, 0.15) is 0 Å². The summed E-state index contributed by atoms with van der Waals surface area (Å²) in [5, 5.41) is 4.82. The van der Waals surface area contributed by atoms with Gasteiger partial charge in [-0.2, -0.15) is 4.98 Å². The van der Waals surface area contributed by atoms with E-state index in [9.17, 15) is 4.39 Å². The van der Waals surface area contributed by atoms with Gasteiger partial charge in [0, 0.05) is 17.4 Å². The van der Waals surface area contributed by atoms with Crippen LogP contribution in [-0.2, 0) is 6.42 Å². The van der Waals surface area contributed by atoms with Crippen molar-refractivity contribution >= 4 is 11.0 Å². The average Bonchev–Trinajstić information content (AvgIpc) is 3.16. The van der Waals surface area contributed by atoms with Gasteiger partial charge in [0.25, 0.3) is 5.89 Å². The van der Waals surface area contributed by atoms with Gasteiger partial charge < -0.3 is 13.8 Å². The third-order valence-electron chi connectivity index (χ3n) is 4.89. The Morgan fingerprint density at radius 2 is 2.08 bits per heavy atom. The van der Waals surface area contributed by atoms with E-state index in [0.717, 1.165) is 43.3 Å². The van der Waals surface area contributed by atoms with E-state index in [1.54, 1.807) is 6.07 Å². The molecule has 1 aliphatic heterocycles. The molecule has 1 aliphatic rings. The number of halogens is 1. The van der Waals surface area contributed by atoms with E-state index in [-0.39, 0.29) is 11.4 Å². The number of benzene rings is 1. The van der Waals surface area contributed by atoms with Gasteiger partial charge in [-0.3, -0.25) is 0 Å². The molecule has 0 spiro atoms. The molecule has 0 radical (unpaired) electrons. The van der Waals surface area contributed by atoms with Crippen LogP contribution in [0.4, 0.5) is 4.39 Å². The second kappa shape index (κ2) is 6.02. The Labute approximate surface area is 139 Å². The quantitative estimate of drug-likeness (QED) is 0.731. The highest BCUT2D eigenvalue weighted by Crippen LogP contribution is 2.33. The number of likely N-dealkylation sites (tertiary alicyclic amines) is 1. The molecule has 1 fully saturated rings. The van der Waals surface area contributed by atoms with E-state index in [0.29, 0.717) is 23.4 Å². The summed E-state index contributed by atoms with van der Waals surface area (Å²) in [4.78, 5) is 6.81. The first kappa shape index (κ1) is 15.3. The summed E-state index contributed by atoms with van der Waals surface area (Å²) in [6.07, 6.45) is 3.11. The number of rotatable bonds is 3. The summed E-state index contributed by atoms with van der Waals surface area (Å²) < 4.78 is 24.9. The van der Waals surface area contributed by atoms with Crippen LogP contribution in [0.15, 0.2) is 27.1 Å².